The predicted molar refractivity (Wildman–Crippen MR) is 78.1 cm³/mol. The van der Waals surface area contributed by atoms with Gasteiger partial charge in [-0.1, -0.05) is 25.2 Å². The molecule has 0 unspecified atom stereocenters. The number of carbonyl (C=O) groups is 1. The number of hydrogen-bond acceptors (Lipinski definition) is 4. The molecule has 0 fully saturated rings. The Bertz CT molecular complexity index is 359. The molecule has 0 aromatic carbocycles. The molecular formula is C16H26O4. The number of carbonyl (C=O) groups excluding carboxylic acids is 1. The molecule has 0 bridgehead atoms. The lowest BCUT2D eigenvalue weighted by Gasteiger charge is -2.23. The van der Waals surface area contributed by atoms with E-state index in [2.05, 4.69) is 0 Å². The molecule has 1 aliphatic heterocycles. The van der Waals surface area contributed by atoms with Crippen molar-refractivity contribution >= 4 is 5.97 Å². The molecule has 4 nitrogen and oxygen atoms in total. The van der Waals surface area contributed by atoms with Gasteiger partial charge in [0.05, 0.1) is 12.7 Å². The third-order valence-corrected chi connectivity index (χ3v) is 3.58. The molecule has 1 rings (SSSR count). The quantitative estimate of drug-likeness (QED) is 0.571. The molecule has 0 aliphatic carbocycles. The summed E-state index contributed by atoms with van der Waals surface area (Å²) in [7, 11) is 0. The first-order chi connectivity index (χ1) is 9.54. The smallest absolute Gasteiger partial charge is 0.306 e. The Labute approximate surface area is 121 Å². The van der Waals surface area contributed by atoms with Crippen molar-refractivity contribution in [2.24, 2.45) is 11.8 Å². The topological polar surface area (TPSA) is 66.8 Å². The molecule has 20 heavy (non-hydrogen) atoms. The van der Waals surface area contributed by atoms with Crippen LogP contribution >= 0.6 is 0 Å². The maximum atomic E-state index is 11.5. The van der Waals surface area contributed by atoms with Crippen molar-refractivity contribution in [3.63, 3.8) is 0 Å². The average molecular weight is 282 g/mol. The second-order valence-corrected chi connectivity index (χ2v) is 5.54. The molecule has 0 spiro atoms. The molecule has 0 saturated heterocycles. The summed E-state index contributed by atoms with van der Waals surface area (Å²) >= 11 is 0. The van der Waals surface area contributed by atoms with E-state index in [0.717, 1.165) is 24.8 Å². The van der Waals surface area contributed by atoms with Crippen molar-refractivity contribution in [1.29, 1.82) is 0 Å². The summed E-state index contributed by atoms with van der Waals surface area (Å²) in [6.07, 6.45) is 8.13. The number of cyclic esters (lactones) is 1. The Kier molecular flexibility index (Phi) is 7.55. The molecule has 1 heterocycles. The maximum Gasteiger partial charge on any atom is 0.306 e. The molecule has 0 radical (unpaired) electrons. The van der Waals surface area contributed by atoms with E-state index >= 15 is 0 Å². The summed E-state index contributed by atoms with van der Waals surface area (Å²) in [6, 6.07) is 0. The van der Waals surface area contributed by atoms with Crippen molar-refractivity contribution in [3.05, 3.63) is 23.8 Å². The Morgan fingerprint density at radius 2 is 2.15 bits per heavy atom. The largest absolute Gasteiger partial charge is 0.461 e. The summed E-state index contributed by atoms with van der Waals surface area (Å²) in [5.74, 6) is -0.516. The zero-order valence-corrected chi connectivity index (χ0v) is 12.4. The van der Waals surface area contributed by atoms with Crippen LogP contribution < -0.4 is 0 Å². The third kappa shape index (κ3) is 5.88. The average Bonchev–Trinajstić information content (AvgIpc) is 2.43. The summed E-state index contributed by atoms with van der Waals surface area (Å²) in [5.41, 5.74) is 0.919. The van der Waals surface area contributed by atoms with Gasteiger partial charge < -0.3 is 14.9 Å². The van der Waals surface area contributed by atoms with Crippen molar-refractivity contribution in [3.8, 4) is 0 Å². The van der Waals surface area contributed by atoms with Crippen LogP contribution in [-0.2, 0) is 9.53 Å². The van der Waals surface area contributed by atoms with Crippen LogP contribution in [0.4, 0.5) is 0 Å². The number of allylic oxidation sites excluding steroid dienone is 1. The summed E-state index contributed by atoms with van der Waals surface area (Å²) in [4.78, 5) is 11.5. The van der Waals surface area contributed by atoms with Crippen LogP contribution in [0.3, 0.4) is 0 Å². The minimum Gasteiger partial charge on any atom is -0.461 e. The minimum atomic E-state index is -0.634. The van der Waals surface area contributed by atoms with Crippen molar-refractivity contribution < 1.29 is 19.7 Å². The molecule has 0 amide bonds. The molecule has 0 aromatic rings. The van der Waals surface area contributed by atoms with Gasteiger partial charge in [-0.05, 0) is 31.8 Å². The van der Waals surface area contributed by atoms with Gasteiger partial charge in [-0.15, -0.1) is 0 Å². The molecule has 114 valence electrons. The highest BCUT2D eigenvalue weighted by molar-refractivity contribution is 5.69. The summed E-state index contributed by atoms with van der Waals surface area (Å²) < 4.78 is 5.18. The number of rotatable bonds is 1. The number of aliphatic hydroxyl groups is 2. The van der Waals surface area contributed by atoms with E-state index in [4.69, 9.17) is 4.74 Å². The monoisotopic (exact) mass is 282 g/mol. The van der Waals surface area contributed by atoms with Gasteiger partial charge in [-0.25, -0.2) is 0 Å². The first-order valence-electron chi connectivity index (χ1n) is 7.33. The fraction of sp³-hybridized carbons (Fsp3) is 0.688. The van der Waals surface area contributed by atoms with Gasteiger partial charge >= 0.3 is 5.97 Å². The molecule has 0 saturated carbocycles. The lowest BCUT2D eigenvalue weighted by molar-refractivity contribution is -0.142. The van der Waals surface area contributed by atoms with E-state index in [1.54, 1.807) is 0 Å². The van der Waals surface area contributed by atoms with E-state index in [-0.39, 0.29) is 31.0 Å². The fourth-order valence-electron chi connectivity index (χ4n) is 2.34. The highest BCUT2D eigenvalue weighted by atomic mass is 16.5. The van der Waals surface area contributed by atoms with Crippen molar-refractivity contribution in [2.45, 2.75) is 45.6 Å². The number of aliphatic hydroxyl groups excluding tert-OH is 2. The van der Waals surface area contributed by atoms with Crippen molar-refractivity contribution in [1.82, 2.24) is 0 Å². The van der Waals surface area contributed by atoms with Crippen LogP contribution in [0.15, 0.2) is 23.8 Å². The molecule has 4 heteroatoms. The fourth-order valence-corrected chi connectivity index (χ4v) is 2.34. The molecule has 2 N–H and O–H groups in total. The van der Waals surface area contributed by atoms with Crippen LogP contribution in [0.5, 0.6) is 0 Å². The van der Waals surface area contributed by atoms with Crippen LogP contribution in [0, 0.1) is 11.8 Å². The zero-order chi connectivity index (χ0) is 15.0. The lowest BCUT2D eigenvalue weighted by atomic mass is 9.90. The van der Waals surface area contributed by atoms with E-state index in [1.807, 2.05) is 32.1 Å². The standard InChI is InChI=1S/C16H26O4/c1-12-9-13(2)16(19)14(10-17)7-5-3-4-6-8-15(18)20-11-12/h5,7,9,13-14,16-17,19H,3-4,6,8,10-11H2,1-2H3/b7-5+,12-9-/t13-,14-,16+/m1/s1. The Balaban J connectivity index is 2.78. The summed E-state index contributed by atoms with van der Waals surface area (Å²) in [6.45, 7) is 3.99. The first kappa shape index (κ1) is 16.9. The van der Waals surface area contributed by atoms with E-state index in [1.165, 1.54) is 0 Å². The van der Waals surface area contributed by atoms with Gasteiger partial charge in [0.15, 0.2) is 0 Å². The Hall–Kier alpha value is -1.13. The molecule has 3 atom stereocenters. The zero-order valence-electron chi connectivity index (χ0n) is 12.4. The van der Waals surface area contributed by atoms with Gasteiger partial charge in [0.2, 0.25) is 0 Å². The Morgan fingerprint density at radius 1 is 1.40 bits per heavy atom. The van der Waals surface area contributed by atoms with Crippen LogP contribution in [0.2, 0.25) is 0 Å². The minimum absolute atomic E-state index is 0.0656. The maximum absolute atomic E-state index is 11.5. The van der Waals surface area contributed by atoms with Gasteiger partial charge in [0.1, 0.15) is 6.61 Å². The van der Waals surface area contributed by atoms with Gasteiger partial charge in [-0.3, -0.25) is 4.79 Å². The van der Waals surface area contributed by atoms with Crippen LogP contribution in [0.25, 0.3) is 0 Å². The molecule has 1 aliphatic rings. The Morgan fingerprint density at radius 3 is 2.85 bits per heavy atom. The van der Waals surface area contributed by atoms with Gasteiger partial charge in [-0.2, -0.15) is 0 Å². The SMILES string of the molecule is C/C1=C/[C@@H](C)[C@H](O)[C@@H](CO)/C=C/CCCCC(=O)OC1. The second kappa shape index (κ2) is 8.93. The van der Waals surface area contributed by atoms with E-state index in [0.29, 0.717) is 6.42 Å². The highest BCUT2D eigenvalue weighted by Gasteiger charge is 2.21. The van der Waals surface area contributed by atoms with Gasteiger partial charge in [0.25, 0.3) is 0 Å². The lowest BCUT2D eigenvalue weighted by Crippen LogP contribution is -2.28. The number of ether oxygens (including phenoxy) is 1. The molecule has 0 aromatic heterocycles. The van der Waals surface area contributed by atoms with Gasteiger partial charge in [0, 0.05) is 18.3 Å². The molecular weight excluding hydrogens is 256 g/mol. The summed E-state index contributed by atoms with van der Waals surface area (Å²) in [5, 5.41) is 19.6. The normalized spacial score (nSPS) is 34.5. The number of hydrogen-bond donors (Lipinski definition) is 2. The van der Waals surface area contributed by atoms with E-state index < -0.39 is 6.10 Å². The van der Waals surface area contributed by atoms with Crippen LogP contribution in [0.1, 0.15) is 39.5 Å². The predicted octanol–water partition coefficient (Wildman–Crippen LogP) is 2.21. The first-order valence-corrected chi connectivity index (χ1v) is 7.33. The second-order valence-electron chi connectivity index (χ2n) is 5.54. The highest BCUT2D eigenvalue weighted by Crippen LogP contribution is 2.18. The van der Waals surface area contributed by atoms with Crippen molar-refractivity contribution in [2.75, 3.05) is 13.2 Å². The number of esters is 1. The van der Waals surface area contributed by atoms with Crippen LogP contribution in [-0.4, -0.2) is 35.5 Å². The van der Waals surface area contributed by atoms with E-state index in [9.17, 15) is 15.0 Å². The third-order valence-electron chi connectivity index (χ3n) is 3.58.